The molecule has 0 spiro atoms. The van der Waals surface area contributed by atoms with Gasteiger partial charge >= 0.3 is 0 Å². The molecular formula is C4H9N3O4S. The first-order valence-corrected chi connectivity index (χ1v) is 4.47. The summed E-state index contributed by atoms with van der Waals surface area (Å²) in [5.41, 5.74) is 7.98. The van der Waals surface area contributed by atoms with Crippen LogP contribution in [0.3, 0.4) is 0 Å². The highest BCUT2D eigenvalue weighted by Crippen LogP contribution is 2.08. The molecule has 12 heavy (non-hydrogen) atoms. The molecular weight excluding hydrogens is 186 g/mol. The molecule has 0 saturated carbocycles. The number of rotatable bonds is 4. The molecule has 0 aliphatic heterocycles. The Morgan fingerprint density at radius 3 is 2.42 bits per heavy atom. The fraction of sp³-hybridized carbons (Fsp3) is 1.00. The van der Waals surface area contributed by atoms with Crippen molar-refractivity contribution in [2.75, 3.05) is 7.11 Å². The lowest BCUT2D eigenvalue weighted by molar-refractivity contribution is 0.106. The van der Waals surface area contributed by atoms with E-state index in [0.29, 0.717) is 0 Å². The minimum Gasteiger partial charge on any atom is -0.374 e. The zero-order valence-corrected chi connectivity index (χ0v) is 7.39. The van der Waals surface area contributed by atoms with Crippen molar-refractivity contribution >= 4 is 10.1 Å². The van der Waals surface area contributed by atoms with Gasteiger partial charge in [0, 0.05) is 12.0 Å². The zero-order chi connectivity index (χ0) is 9.78. The lowest BCUT2D eigenvalue weighted by atomic mass is 10.4. The molecule has 0 amide bonds. The highest BCUT2D eigenvalue weighted by Gasteiger charge is 2.26. The van der Waals surface area contributed by atoms with Crippen molar-refractivity contribution in [2.45, 2.75) is 18.4 Å². The van der Waals surface area contributed by atoms with E-state index in [4.69, 9.17) is 10.1 Å². The van der Waals surface area contributed by atoms with E-state index in [1.165, 1.54) is 14.0 Å². The monoisotopic (exact) mass is 195 g/mol. The third kappa shape index (κ3) is 3.05. The molecule has 0 aliphatic carbocycles. The normalized spacial score (nSPS) is 16.2. The van der Waals surface area contributed by atoms with E-state index in [1.807, 2.05) is 0 Å². The third-order valence-electron chi connectivity index (χ3n) is 1.28. The first-order valence-electron chi connectivity index (χ1n) is 2.96. The second-order valence-corrected chi connectivity index (χ2v) is 3.82. The Labute approximate surface area is 69.7 Å². The van der Waals surface area contributed by atoms with Gasteiger partial charge in [0.2, 0.25) is 0 Å². The smallest absolute Gasteiger partial charge is 0.270 e. The quantitative estimate of drug-likeness (QED) is 0.305. The summed E-state index contributed by atoms with van der Waals surface area (Å²) >= 11 is 0. The predicted molar refractivity (Wildman–Crippen MR) is 41.0 cm³/mol. The molecule has 1 N–H and O–H groups in total. The van der Waals surface area contributed by atoms with Gasteiger partial charge in [0.25, 0.3) is 10.1 Å². The molecule has 0 unspecified atom stereocenters. The van der Waals surface area contributed by atoms with Gasteiger partial charge in [0.1, 0.15) is 5.25 Å². The molecule has 0 radical (unpaired) electrons. The fourth-order valence-electron chi connectivity index (χ4n) is 0.531. The molecule has 0 aromatic rings. The first kappa shape index (κ1) is 11.2. The Hall–Kier alpha value is -0.820. The molecule has 0 fully saturated rings. The zero-order valence-electron chi connectivity index (χ0n) is 6.58. The Morgan fingerprint density at radius 1 is 1.67 bits per heavy atom. The van der Waals surface area contributed by atoms with Gasteiger partial charge in [-0.25, -0.2) is 0 Å². The maximum Gasteiger partial charge on any atom is 0.270 e. The minimum absolute atomic E-state index is 1.18. The van der Waals surface area contributed by atoms with E-state index in [9.17, 15) is 8.42 Å². The molecule has 70 valence electrons. The van der Waals surface area contributed by atoms with E-state index in [0.717, 1.165) is 0 Å². The number of methoxy groups -OCH3 is 1. The molecule has 0 aliphatic rings. The molecule has 0 aromatic heterocycles. The van der Waals surface area contributed by atoms with Crippen LogP contribution in [-0.4, -0.2) is 31.6 Å². The largest absolute Gasteiger partial charge is 0.374 e. The number of ether oxygens (including phenoxy) is 1. The first-order chi connectivity index (χ1) is 5.43. The van der Waals surface area contributed by atoms with Crippen LogP contribution in [0.1, 0.15) is 6.92 Å². The van der Waals surface area contributed by atoms with E-state index in [-0.39, 0.29) is 0 Å². The summed E-state index contributed by atoms with van der Waals surface area (Å²) in [5.74, 6) is 0. The molecule has 0 aromatic carbocycles. The summed E-state index contributed by atoms with van der Waals surface area (Å²) in [6, 6.07) is 0. The maximum absolute atomic E-state index is 10.5. The predicted octanol–water partition coefficient (Wildman–Crippen LogP) is 0.546. The molecule has 0 rings (SSSR count). The van der Waals surface area contributed by atoms with Crippen LogP contribution in [0.25, 0.3) is 10.4 Å². The fourth-order valence-corrected chi connectivity index (χ4v) is 0.990. The van der Waals surface area contributed by atoms with Crippen LogP contribution in [0.4, 0.5) is 0 Å². The number of nitrogens with zero attached hydrogens (tertiary/aromatic N) is 3. The molecule has 0 saturated heterocycles. The second kappa shape index (κ2) is 4.27. The van der Waals surface area contributed by atoms with Gasteiger partial charge in [-0.15, -0.1) is 0 Å². The van der Waals surface area contributed by atoms with Crippen LogP contribution in [-0.2, 0) is 14.9 Å². The Morgan fingerprint density at radius 2 is 2.17 bits per heavy atom. The highest BCUT2D eigenvalue weighted by atomic mass is 32.2. The summed E-state index contributed by atoms with van der Waals surface area (Å²) in [7, 11) is -3.04. The summed E-state index contributed by atoms with van der Waals surface area (Å²) < 4.78 is 34.0. The van der Waals surface area contributed by atoms with E-state index < -0.39 is 21.6 Å². The van der Waals surface area contributed by atoms with Crippen molar-refractivity contribution in [3.8, 4) is 0 Å². The number of hydrogen-bond acceptors (Lipinski definition) is 4. The molecule has 0 heterocycles. The van der Waals surface area contributed by atoms with Crippen molar-refractivity contribution in [3.63, 3.8) is 0 Å². The maximum atomic E-state index is 10.5. The topological polar surface area (TPSA) is 112 Å². The van der Waals surface area contributed by atoms with E-state index in [2.05, 4.69) is 14.8 Å². The van der Waals surface area contributed by atoms with Crippen LogP contribution in [0.15, 0.2) is 5.11 Å². The van der Waals surface area contributed by atoms with Crippen molar-refractivity contribution in [2.24, 2.45) is 5.11 Å². The lowest BCUT2D eigenvalue weighted by Crippen LogP contribution is -2.30. The van der Waals surface area contributed by atoms with Crippen LogP contribution in [0.5, 0.6) is 0 Å². The summed E-state index contributed by atoms with van der Waals surface area (Å²) in [4.78, 5) is 2.37. The molecule has 7 nitrogen and oxygen atoms in total. The molecule has 2 atom stereocenters. The minimum atomic E-state index is -4.23. The Bertz CT molecular complexity index is 281. The van der Waals surface area contributed by atoms with Crippen LogP contribution in [0, 0.1) is 0 Å². The number of hydrogen-bond donors (Lipinski definition) is 1. The Kier molecular flexibility index (Phi) is 3.98. The summed E-state index contributed by atoms with van der Waals surface area (Å²) in [6.45, 7) is 1.18. The van der Waals surface area contributed by atoms with Crippen molar-refractivity contribution in [3.05, 3.63) is 10.4 Å². The summed E-state index contributed by atoms with van der Waals surface area (Å²) in [5, 5.41) is 1.76. The Balaban J connectivity index is 4.64. The van der Waals surface area contributed by atoms with Crippen molar-refractivity contribution in [1.82, 2.24) is 0 Å². The SMILES string of the molecule is CO[C@H](N=[N+]=[N-])[C@@H](C)S(=O)(=O)O. The van der Waals surface area contributed by atoms with Crippen LogP contribution < -0.4 is 0 Å². The van der Waals surface area contributed by atoms with Crippen molar-refractivity contribution in [1.29, 1.82) is 0 Å². The average molecular weight is 195 g/mol. The summed E-state index contributed by atoms with van der Waals surface area (Å²) in [6.07, 6.45) is -1.20. The van der Waals surface area contributed by atoms with E-state index in [1.54, 1.807) is 0 Å². The van der Waals surface area contributed by atoms with Gasteiger partial charge in [-0.05, 0) is 12.5 Å². The van der Waals surface area contributed by atoms with Gasteiger partial charge in [-0.2, -0.15) is 8.42 Å². The lowest BCUT2D eigenvalue weighted by Gasteiger charge is -2.13. The average Bonchev–Trinajstić information content (AvgIpc) is 1.97. The highest BCUT2D eigenvalue weighted by molar-refractivity contribution is 7.86. The van der Waals surface area contributed by atoms with Crippen molar-refractivity contribution < 1.29 is 17.7 Å². The van der Waals surface area contributed by atoms with Gasteiger partial charge in [0.15, 0.2) is 6.23 Å². The number of azide groups is 1. The van der Waals surface area contributed by atoms with Gasteiger partial charge in [0.05, 0.1) is 0 Å². The van der Waals surface area contributed by atoms with Crippen LogP contribution in [0.2, 0.25) is 0 Å². The van der Waals surface area contributed by atoms with Gasteiger partial charge in [-0.1, -0.05) is 5.11 Å². The molecule has 0 bridgehead atoms. The van der Waals surface area contributed by atoms with Crippen LogP contribution >= 0.6 is 0 Å². The van der Waals surface area contributed by atoms with Gasteiger partial charge in [-0.3, -0.25) is 4.55 Å². The third-order valence-corrected chi connectivity index (χ3v) is 2.45. The van der Waals surface area contributed by atoms with Gasteiger partial charge < -0.3 is 4.74 Å². The molecule has 8 heteroatoms. The van der Waals surface area contributed by atoms with E-state index >= 15 is 0 Å². The second-order valence-electron chi connectivity index (χ2n) is 2.05. The standard InChI is InChI=1S/C4H9N3O4S/c1-3(12(8,9)10)4(11-2)6-7-5/h3-4H,1-2H3,(H,8,9,10)/t3-,4+/m1/s1.